The Kier molecular flexibility index (Phi) is 2.56. The molecule has 2 heterocycles. The van der Waals surface area contributed by atoms with Crippen molar-refractivity contribution in [2.45, 2.75) is 13.5 Å². The molecule has 3 nitrogen and oxygen atoms in total. The summed E-state index contributed by atoms with van der Waals surface area (Å²) in [7, 11) is 0. The molecule has 0 aliphatic heterocycles. The summed E-state index contributed by atoms with van der Waals surface area (Å²) in [4.78, 5) is 9.73. The van der Waals surface area contributed by atoms with Gasteiger partial charge < -0.3 is 5.73 Å². The third-order valence-corrected chi connectivity index (χ3v) is 3.00. The molecule has 2 rings (SSSR count). The van der Waals surface area contributed by atoms with E-state index in [9.17, 15) is 0 Å². The summed E-state index contributed by atoms with van der Waals surface area (Å²) in [5.74, 6) is 0.778. The molecule has 0 amide bonds. The summed E-state index contributed by atoms with van der Waals surface area (Å²) in [6.45, 7) is 2.52. The van der Waals surface area contributed by atoms with Gasteiger partial charge in [0.15, 0.2) is 5.82 Å². The van der Waals surface area contributed by atoms with Gasteiger partial charge in [-0.3, -0.25) is 0 Å². The fourth-order valence-corrected chi connectivity index (χ4v) is 2.09. The van der Waals surface area contributed by atoms with Crippen LogP contribution in [0.2, 0.25) is 0 Å². The number of thiophene rings is 1. The zero-order chi connectivity index (χ0) is 9.97. The lowest BCUT2D eigenvalue weighted by Crippen LogP contribution is -2.01. The molecule has 14 heavy (non-hydrogen) atoms. The number of rotatable bonds is 2. The fraction of sp³-hybridized carbons (Fsp3) is 0.200. The van der Waals surface area contributed by atoms with E-state index in [1.165, 1.54) is 5.56 Å². The first-order valence-corrected chi connectivity index (χ1v) is 5.25. The number of aryl methyl sites for hydroxylation is 1. The van der Waals surface area contributed by atoms with Gasteiger partial charge in [0.2, 0.25) is 0 Å². The lowest BCUT2D eigenvalue weighted by atomic mass is 10.3. The predicted molar refractivity (Wildman–Crippen MR) is 58.0 cm³/mol. The predicted octanol–water partition coefficient (Wildman–Crippen LogP) is 1.97. The number of hydrogen-bond donors (Lipinski definition) is 1. The highest BCUT2D eigenvalue weighted by molar-refractivity contribution is 7.13. The molecule has 2 N–H and O–H groups in total. The van der Waals surface area contributed by atoms with Crippen molar-refractivity contribution in [3.63, 3.8) is 0 Å². The van der Waals surface area contributed by atoms with Crippen molar-refractivity contribution in [3.05, 3.63) is 35.0 Å². The van der Waals surface area contributed by atoms with Gasteiger partial charge in [0.25, 0.3) is 0 Å². The fourth-order valence-electron chi connectivity index (χ4n) is 1.22. The molecule has 0 saturated heterocycles. The van der Waals surface area contributed by atoms with Crippen LogP contribution in [-0.4, -0.2) is 9.97 Å². The largest absolute Gasteiger partial charge is 0.325 e. The molecule has 0 fully saturated rings. The van der Waals surface area contributed by atoms with Crippen molar-refractivity contribution in [3.8, 4) is 10.7 Å². The Labute approximate surface area is 86.6 Å². The summed E-state index contributed by atoms with van der Waals surface area (Å²) in [6.07, 6.45) is 1.75. The van der Waals surface area contributed by atoms with Gasteiger partial charge in [-0.1, -0.05) is 0 Å². The minimum absolute atomic E-state index is 0.458. The maximum atomic E-state index is 5.52. The van der Waals surface area contributed by atoms with Crippen LogP contribution < -0.4 is 5.73 Å². The topological polar surface area (TPSA) is 51.8 Å². The number of hydrogen-bond acceptors (Lipinski definition) is 4. The van der Waals surface area contributed by atoms with Crippen LogP contribution in [0.1, 0.15) is 11.3 Å². The van der Waals surface area contributed by atoms with E-state index in [1.807, 2.05) is 11.4 Å². The number of aromatic nitrogens is 2. The molecule has 4 heteroatoms. The Hall–Kier alpha value is -1.26. The van der Waals surface area contributed by atoms with Crippen LogP contribution in [0, 0.1) is 6.92 Å². The van der Waals surface area contributed by atoms with Gasteiger partial charge >= 0.3 is 0 Å². The first kappa shape index (κ1) is 9.30. The van der Waals surface area contributed by atoms with E-state index < -0.39 is 0 Å². The summed E-state index contributed by atoms with van der Waals surface area (Å²) in [5.41, 5.74) is 7.61. The van der Waals surface area contributed by atoms with E-state index >= 15 is 0 Å². The van der Waals surface area contributed by atoms with Crippen molar-refractivity contribution in [1.29, 1.82) is 0 Å². The van der Waals surface area contributed by atoms with Gasteiger partial charge in [-0.2, -0.15) is 0 Å². The molecule has 0 atom stereocenters. The molecular weight excluding hydrogens is 194 g/mol. The molecule has 0 aliphatic carbocycles. The molecule has 0 spiro atoms. The molecular formula is C10H11N3S. The minimum Gasteiger partial charge on any atom is -0.325 e. The Bertz CT molecular complexity index is 436. The van der Waals surface area contributed by atoms with Crippen molar-refractivity contribution < 1.29 is 0 Å². The van der Waals surface area contributed by atoms with Gasteiger partial charge in [-0.05, 0) is 30.0 Å². The Morgan fingerprint density at radius 1 is 1.43 bits per heavy atom. The highest BCUT2D eigenvalue weighted by atomic mass is 32.1. The Balaban J connectivity index is 2.47. The van der Waals surface area contributed by atoms with E-state index in [4.69, 9.17) is 5.73 Å². The third-order valence-electron chi connectivity index (χ3n) is 1.99. The zero-order valence-corrected chi connectivity index (χ0v) is 8.71. The molecule has 0 unspecified atom stereocenters. The van der Waals surface area contributed by atoms with E-state index in [0.717, 1.165) is 16.4 Å². The average Bonchev–Trinajstić information content (AvgIpc) is 2.65. The second kappa shape index (κ2) is 3.86. The van der Waals surface area contributed by atoms with Crippen molar-refractivity contribution >= 4 is 11.3 Å². The van der Waals surface area contributed by atoms with Gasteiger partial charge in [0.1, 0.15) is 0 Å². The molecule has 0 bridgehead atoms. The molecule has 2 aromatic rings. The van der Waals surface area contributed by atoms with E-state index in [-0.39, 0.29) is 0 Å². The summed E-state index contributed by atoms with van der Waals surface area (Å²) < 4.78 is 0. The van der Waals surface area contributed by atoms with Crippen LogP contribution in [0.3, 0.4) is 0 Å². The number of nitrogens with two attached hydrogens (primary N) is 1. The average molecular weight is 205 g/mol. The standard InChI is InChI=1S/C10H11N3S/c1-7-3-5-14-9(7)10-12-4-2-8(6-11)13-10/h2-5H,6,11H2,1H3. The lowest BCUT2D eigenvalue weighted by Gasteiger charge is -2.00. The van der Waals surface area contributed by atoms with Crippen LogP contribution in [-0.2, 0) is 6.54 Å². The van der Waals surface area contributed by atoms with Gasteiger partial charge in [-0.15, -0.1) is 11.3 Å². The second-order valence-electron chi connectivity index (χ2n) is 3.01. The maximum Gasteiger partial charge on any atom is 0.169 e. The van der Waals surface area contributed by atoms with Gasteiger partial charge in [0.05, 0.1) is 10.6 Å². The van der Waals surface area contributed by atoms with Crippen LogP contribution in [0.4, 0.5) is 0 Å². The zero-order valence-electron chi connectivity index (χ0n) is 7.90. The van der Waals surface area contributed by atoms with Gasteiger partial charge in [0, 0.05) is 12.7 Å². The molecule has 72 valence electrons. The van der Waals surface area contributed by atoms with E-state index in [0.29, 0.717) is 6.54 Å². The monoisotopic (exact) mass is 205 g/mol. The number of nitrogens with zero attached hydrogens (tertiary/aromatic N) is 2. The first-order valence-electron chi connectivity index (χ1n) is 4.37. The van der Waals surface area contributed by atoms with Crippen LogP contribution >= 0.6 is 11.3 Å². The van der Waals surface area contributed by atoms with Gasteiger partial charge in [-0.25, -0.2) is 9.97 Å². The molecule has 2 aromatic heterocycles. The summed E-state index contributed by atoms with van der Waals surface area (Å²) in [5, 5.41) is 2.04. The molecule has 0 aliphatic rings. The summed E-state index contributed by atoms with van der Waals surface area (Å²) in [6, 6.07) is 3.91. The Morgan fingerprint density at radius 3 is 2.93 bits per heavy atom. The van der Waals surface area contributed by atoms with Crippen LogP contribution in [0.25, 0.3) is 10.7 Å². The molecule has 0 aromatic carbocycles. The van der Waals surface area contributed by atoms with E-state index in [1.54, 1.807) is 17.5 Å². The Morgan fingerprint density at radius 2 is 2.29 bits per heavy atom. The molecule has 0 radical (unpaired) electrons. The van der Waals surface area contributed by atoms with Crippen LogP contribution in [0.15, 0.2) is 23.7 Å². The SMILES string of the molecule is Cc1ccsc1-c1nccc(CN)n1. The van der Waals surface area contributed by atoms with Crippen molar-refractivity contribution in [2.24, 2.45) is 5.73 Å². The smallest absolute Gasteiger partial charge is 0.169 e. The van der Waals surface area contributed by atoms with Crippen LogP contribution in [0.5, 0.6) is 0 Å². The second-order valence-corrected chi connectivity index (χ2v) is 3.92. The third kappa shape index (κ3) is 1.66. The highest BCUT2D eigenvalue weighted by Gasteiger charge is 2.06. The summed E-state index contributed by atoms with van der Waals surface area (Å²) >= 11 is 1.66. The maximum absolute atomic E-state index is 5.52. The highest BCUT2D eigenvalue weighted by Crippen LogP contribution is 2.25. The lowest BCUT2D eigenvalue weighted by molar-refractivity contribution is 0.970. The minimum atomic E-state index is 0.458. The van der Waals surface area contributed by atoms with E-state index in [2.05, 4.69) is 23.0 Å². The first-order chi connectivity index (χ1) is 6.81. The van der Waals surface area contributed by atoms with Crippen molar-refractivity contribution in [2.75, 3.05) is 0 Å². The normalized spacial score (nSPS) is 10.4. The van der Waals surface area contributed by atoms with Crippen molar-refractivity contribution in [1.82, 2.24) is 9.97 Å². The quantitative estimate of drug-likeness (QED) is 0.815. The molecule has 0 saturated carbocycles.